The van der Waals surface area contributed by atoms with Gasteiger partial charge in [0.2, 0.25) is 17.7 Å². The Hall–Kier alpha value is -3.98. The summed E-state index contributed by atoms with van der Waals surface area (Å²) in [6.45, 7) is 3.73. The minimum atomic E-state index is -4.03. The summed E-state index contributed by atoms with van der Waals surface area (Å²) in [5.74, 6) is -0.0657. The van der Waals surface area contributed by atoms with Crippen LogP contribution in [0.25, 0.3) is 0 Å². The van der Waals surface area contributed by atoms with Crippen molar-refractivity contribution in [2.45, 2.75) is 64.7 Å². The van der Waals surface area contributed by atoms with Gasteiger partial charge in [0.15, 0.2) is 0 Å². The number of carbonyl (C=O) groups is 3. The van der Waals surface area contributed by atoms with Crippen molar-refractivity contribution in [3.05, 3.63) is 102 Å². The Morgan fingerprint density at radius 1 is 0.889 bits per heavy atom. The van der Waals surface area contributed by atoms with Crippen LogP contribution in [0, 0.1) is 0 Å². The van der Waals surface area contributed by atoms with Gasteiger partial charge in [-0.3, -0.25) is 23.4 Å². The average Bonchev–Trinajstić information content (AvgIpc) is 3.47. The molecule has 10 nitrogen and oxygen atoms in total. The number of nitrogens with zero attached hydrogens (tertiary/aromatic N) is 1. The van der Waals surface area contributed by atoms with Gasteiger partial charge in [-0.05, 0) is 48.1 Å². The molecule has 1 heterocycles. The Balaban J connectivity index is 1.37. The molecule has 3 aromatic carbocycles. The smallest absolute Gasteiger partial charge is 0.404 e. The zero-order chi connectivity index (χ0) is 31.9. The molecule has 0 unspecified atom stereocenters. The van der Waals surface area contributed by atoms with E-state index in [1.54, 1.807) is 24.3 Å². The zero-order valence-electron chi connectivity index (χ0n) is 25.7. The summed E-state index contributed by atoms with van der Waals surface area (Å²) in [6.07, 6.45) is 3.32. The molecule has 0 bridgehead atoms. The first kappa shape index (κ1) is 33.9. The summed E-state index contributed by atoms with van der Waals surface area (Å²) in [4.78, 5) is 39.1. The molecular weight excluding hydrogens is 593 g/mol. The summed E-state index contributed by atoms with van der Waals surface area (Å²) < 4.78 is 30.9. The quantitative estimate of drug-likeness (QED) is 0.139. The summed E-state index contributed by atoms with van der Waals surface area (Å²) in [6, 6.07) is 24.6. The van der Waals surface area contributed by atoms with Gasteiger partial charge in [-0.2, -0.15) is 0 Å². The Morgan fingerprint density at radius 3 is 2.07 bits per heavy atom. The van der Waals surface area contributed by atoms with Gasteiger partial charge in [0, 0.05) is 38.9 Å². The van der Waals surface area contributed by atoms with Gasteiger partial charge in [-0.25, -0.2) is 4.57 Å². The van der Waals surface area contributed by atoms with Crippen LogP contribution in [-0.2, 0) is 47.6 Å². The Kier molecular flexibility index (Phi) is 13.2. The lowest BCUT2D eigenvalue weighted by atomic mass is 10.0. The number of likely N-dealkylation sites (tertiary alicyclic amines) is 1. The van der Waals surface area contributed by atoms with E-state index in [1.807, 2.05) is 72.5 Å². The third-order valence-electron chi connectivity index (χ3n) is 7.25. The highest BCUT2D eigenvalue weighted by Gasteiger charge is 2.29. The molecule has 3 aromatic rings. The second-order valence-electron chi connectivity index (χ2n) is 10.9. The van der Waals surface area contributed by atoms with Crippen LogP contribution in [0.3, 0.4) is 0 Å². The first-order chi connectivity index (χ1) is 21.8. The number of hydrogen-bond donors (Lipinski definition) is 2. The van der Waals surface area contributed by atoms with Crippen LogP contribution >= 0.6 is 7.82 Å². The maximum absolute atomic E-state index is 13.7. The first-order valence-electron chi connectivity index (χ1n) is 15.4. The molecule has 1 aliphatic heterocycles. The van der Waals surface area contributed by atoms with Crippen molar-refractivity contribution in [3.63, 3.8) is 0 Å². The fourth-order valence-electron chi connectivity index (χ4n) is 4.84. The summed E-state index contributed by atoms with van der Waals surface area (Å²) in [5.41, 5.74) is 2.41. The van der Waals surface area contributed by atoms with Gasteiger partial charge in [-0.15, -0.1) is 0 Å². The lowest BCUT2D eigenvalue weighted by Gasteiger charge is -2.21. The molecule has 0 aromatic heterocycles. The fourth-order valence-corrected chi connectivity index (χ4v) is 6.02. The number of phosphoric acid groups is 1. The van der Waals surface area contributed by atoms with E-state index in [0.717, 1.165) is 29.7 Å². The van der Waals surface area contributed by atoms with Crippen LogP contribution in [0.5, 0.6) is 5.75 Å². The number of amides is 3. The van der Waals surface area contributed by atoms with Crippen molar-refractivity contribution in [3.8, 4) is 5.75 Å². The van der Waals surface area contributed by atoms with Crippen molar-refractivity contribution < 1.29 is 32.5 Å². The van der Waals surface area contributed by atoms with Gasteiger partial charge in [-0.1, -0.05) is 79.7 Å². The number of rotatable bonds is 18. The van der Waals surface area contributed by atoms with Crippen molar-refractivity contribution >= 4 is 25.5 Å². The van der Waals surface area contributed by atoms with E-state index < -0.39 is 13.9 Å². The van der Waals surface area contributed by atoms with Crippen LogP contribution < -0.4 is 15.2 Å². The molecule has 2 N–H and O–H groups in total. The molecular formula is C34H42N3O7P. The molecule has 0 radical (unpaired) electrons. The third kappa shape index (κ3) is 11.5. The maximum Gasteiger partial charge on any atom is 0.530 e. The Morgan fingerprint density at radius 2 is 1.51 bits per heavy atom. The van der Waals surface area contributed by atoms with E-state index in [0.29, 0.717) is 38.8 Å². The SMILES string of the molecule is CCCC(=O)N[C@@H](Cc1ccc(OP(=O)(OCc2ccccc2)OCc2ccccc2)cc1)C(=O)NCCCN1CCCC1=O. The van der Waals surface area contributed by atoms with Gasteiger partial charge >= 0.3 is 7.82 Å². The Bertz CT molecular complexity index is 1370. The minimum absolute atomic E-state index is 0.0353. The highest BCUT2D eigenvalue weighted by atomic mass is 31.2. The standard InChI is InChI=1S/C34H42N3O7P/c1-2-11-32(38)36-31(34(40)35-21-10-23-37-22-9-16-33(37)39)24-27-17-19-30(20-18-27)44-45(41,42-25-28-12-5-3-6-13-28)43-26-29-14-7-4-8-15-29/h3-8,12-15,17-20,31H,2,9-11,16,21-26H2,1H3,(H,35,40)(H,36,38)/t31-/m0/s1. The summed E-state index contributed by atoms with van der Waals surface area (Å²) in [7, 11) is -4.03. The van der Waals surface area contributed by atoms with E-state index in [-0.39, 0.29) is 43.1 Å². The third-order valence-corrected chi connectivity index (χ3v) is 8.57. The maximum atomic E-state index is 13.7. The van der Waals surface area contributed by atoms with Crippen molar-refractivity contribution in [1.82, 2.24) is 15.5 Å². The lowest BCUT2D eigenvalue weighted by molar-refractivity contribution is -0.129. The van der Waals surface area contributed by atoms with Gasteiger partial charge in [0.1, 0.15) is 11.8 Å². The second kappa shape index (κ2) is 17.5. The van der Waals surface area contributed by atoms with E-state index in [1.165, 1.54) is 0 Å². The summed E-state index contributed by atoms with van der Waals surface area (Å²) in [5, 5.41) is 5.74. The predicted octanol–water partition coefficient (Wildman–Crippen LogP) is 5.56. The topological polar surface area (TPSA) is 123 Å². The second-order valence-corrected chi connectivity index (χ2v) is 12.5. The molecule has 1 aliphatic rings. The van der Waals surface area contributed by atoms with Crippen molar-refractivity contribution in [1.29, 1.82) is 0 Å². The highest BCUT2D eigenvalue weighted by Crippen LogP contribution is 2.51. The molecule has 1 saturated heterocycles. The highest BCUT2D eigenvalue weighted by molar-refractivity contribution is 7.48. The van der Waals surface area contributed by atoms with Crippen molar-refractivity contribution in [2.75, 3.05) is 19.6 Å². The van der Waals surface area contributed by atoms with Crippen LogP contribution in [0.15, 0.2) is 84.9 Å². The van der Waals surface area contributed by atoms with Crippen LogP contribution in [-0.4, -0.2) is 48.3 Å². The molecule has 1 atom stereocenters. The van der Waals surface area contributed by atoms with Crippen molar-refractivity contribution in [2.24, 2.45) is 0 Å². The van der Waals surface area contributed by atoms with E-state index in [4.69, 9.17) is 13.6 Å². The summed E-state index contributed by atoms with van der Waals surface area (Å²) >= 11 is 0. The van der Waals surface area contributed by atoms with Gasteiger partial charge in [0.25, 0.3) is 0 Å². The fraction of sp³-hybridized carbons (Fsp3) is 0.382. The monoisotopic (exact) mass is 635 g/mol. The van der Waals surface area contributed by atoms with E-state index in [2.05, 4.69) is 10.6 Å². The number of benzene rings is 3. The number of hydrogen-bond acceptors (Lipinski definition) is 7. The zero-order valence-corrected chi connectivity index (χ0v) is 26.6. The van der Waals surface area contributed by atoms with Crippen LogP contribution in [0.2, 0.25) is 0 Å². The lowest BCUT2D eigenvalue weighted by Crippen LogP contribution is -2.48. The molecule has 0 saturated carbocycles. The molecule has 1 fully saturated rings. The number of carbonyl (C=O) groups excluding carboxylic acids is 3. The molecule has 3 amide bonds. The van der Waals surface area contributed by atoms with Gasteiger partial charge in [0.05, 0.1) is 13.2 Å². The molecule has 4 rings (SSSR count). The molecule has 240 valence electrons. The molecule has 0 aliphatic carbocycles. The molecule has 0 spiro atoms. The van der Waals surface area contributed by atoms with E-state index >= 15 is 0 Å². The normalized spacial score (nSPS) is 13.8. The first-order valence-corrected chi connectivity index (χ1v) is 16.9. The largest absolute Gasteiger partial charge is 0.530 e. The van der Waals surface area contributed by atoms with Gasteiger partial charge < -0.3 is 20.1 Å². The van der Waals surface area contributed by atoms with Crippen LogP contribution in [0.4, 0.5) is 0 Å². The predicted molar refractivity (Wildman–Crippen MR) is 171 cm³/mol. The Labute approximate surface area is 265 Å². The minimum Gasteiger partial charge on any atom is -0.404 e. The molecule has 45 heavy (non-hydrogen) atoms. The number of nitrogens with one attached hydrogen (secondary N) is 2. The average molecular weight is 636 g/mol. The number of phosphoric ester groups is 1. The molecule has 11 heteroatoms. The van der Waals surface area contributed by atoms with E-state index in [9.17, 15) is 18.9 Å². The van der Waals surface area contributed by atoms with Crippen LogP contribution in [0.1, 0.15) is 55.7 Å².